The molecule has 0 aromatic carbocycles. The molecule has 2 heteroatoms. The fourth-order valence-electron chi connectivity index (χ4n) is 1.16. The molecule has 0 bridgehead atoms. The SMILES string of the molecule is C#CCCC(=O)CCN(CC)CC. The molecule has 74 valence electrons. The predicted molar refractivity (Wildman–Crippen MR) is 55.5 cm³/mol. The monoisotopic (exact) mass is 181 g/mol. The molecule has 2 nitrogen and oxygen atoms in total. The van der Waals surface area contributed by atoms with Crippen LogP contribution in [0.4, 0.5) is 0 Å². The van der Waals surface area contributed by atoms with Crippen LogP contribution < -0.4 is 0 Å². The highest BCUT2D eigenvalue weighted by atomic mass is 16.1. The number of carbonyl (C=O) groups is 1. The maximum absolute atomic E-state index is 11.2. The Kier molecular flexibility index (Phi) is 7.33. The van der Waals surface area contributed by atoms with Gasteiger partial charge in [-0.3, -0.25) is 4.79 Å². The van der Waals surface area contributed by atoms with Crippen LogP contribution in [0.1, 0.15) is 33.1 Å². The van der Waals surface area contributed by atoms with Crippen molar-refractivity contribution in [1.82, 2.24) is 4.90 Å². The molecule has 0 N–H and O–H groups in total. The summed E-state index contributed by atoms with van der Waals surface area (Å²) in [6.07, 6.45) is 6.83. The van der Waals surface area contributed by atoms with Gasteiger partial charge in [-0.05, 0) is 13.1 Å². The van der Waals surface area contributed by atoms with Gasteiger partial charge in [0.25, 0.3) is 0 Å². The van der Waals surface area contributed by atoms with Crippen molar-refractivity contribution >= 4 is 5.78 Å². The number of ketones is 1. The zero-order valence-corrected chi connectivity index (χ0v) is 8.68. The van der Waals surface area contributed by atoms with Gasteiger partial charge in [0.2, 0.25) is 0 Å². The summed E-state index contributed by atoms with van der Waals surface area (Å²) in [5, 5.41) is 0. The van der Waals surface area contributed by atoms with Crippen LogP contribution in [0.5, 0.6) is 0 Å². The third-order valence-corrected chi connectivity index (χ3v) is 2.15. The van der Waals surface area contributed by atoms with Crippen molar-refractivity contribution in [2.45, 2.75) is 33.1 Å². The Morgan fingerprint density at radius 2 is 1.92 bits per heavy atom. The second kappa shape index (κ2) is 7.82. The third kappa shape index (κ3) is 6.36. The van der Waals surface area contributed by atoms with Gasteiger partial charge in [-0.2, -0.15) is 0 Å². The molecule has 0 amide bonds. The van der Waals surface area contributed by atoms with E-state index in [1.54, 1.807) is 0 Å². The highest BCUT2D eigenvalue weighted by Crippen LogP contribution is 1.97. The summed E-state index contributed by atoms with van der Waals surface area (Å²) in [4.78, 5) is 13.5. The van der Waals surface area contributed by atoms with Gasteiger partial charge in [-0.15, -0.1) is 12.3 Å². The van der Waals surface area contributed by atoms with E-state index in [0.717, 1.165) is 19.6 Å². The molecule has 0 unspecified atom stereocenters. The molecule has 0 atom stereocenters. The van der Waals surface area contributed by atoms with E-state index in [2.05, 4.69) is 24.7 Å². The molecule has 0 aromatic heterocycles. The van der Waals surface area contributed by atoms with Crippen LogP contribution in [0, 0.1) is 12.3 Å². The van der Waals surface area contributed by atoms with E-state index in [-0.39, 0.29) is 5.78 Å². The minimum Gasteiger partial charge on any atom is -0.303 e. The topological polar surface area (TPSA) is 20.3 Å². The fourth-order valence-corrected chi connectivity index (χ4v) is 1.16. The fraction of sp³-hybridized carbons (Fsp3) is 0.727. The van der Waals surface area contributed by atoms with Crippen molar-refractivity contribution in [1.29, 1.82) is 0 Å². The first-order chi connectivity index (χ1) is 6.24. The Labute approximate surface area is 81.3 Å². The van der Waals surface area contributed by atoms with Crippen LogP contribution in [0.15, 0.2) is 0 Å². The molecule has 0 aromatic rings. The van der Waals surface area contributed by atoms with Crippen molar-refractivity contribution in [2.75, 3.05) is 19.6 Å². The van der Waals surface area contributed by atoms with Crippen molar-refractivity contribution in [3.8, 4) is 12.3 Å². The summed E-state index contributed by atoms with van der Waals surface area (Å²) in [7, 11) is 0. The summed E-state index contributed by atoms with van der Waals surface area (Å²) in [6.45, 7) is 7.11. The van der Waals surface area contributed by atoms with E-state index >= 15 is 0 Å². The molecular formula is C11H19NO. The van der Waals surface area contributed by atoms with Gasteiger partial charge in [0, 0.05) is 25.8 Å². The summed E-state index contributed by atoms with van der Waals surface area (Å²) < 4.78 is 0. The lowest BCUT2D eigenvalue weighted by atomic mass is 10.1. The minimum atomic E-state index is 0.282. The van der Waals surface area contributed by atoms with E-state index in [0.29, 0.717) is 19.3 Å². The van der Waals surface area contributed by atoms with Crippen molar-refractivity contribution in [2.24, 2.45) is 0 Å². The quantitative estimate of drug-likeness (QED) is 0.557. The van der Waals surface area contributed by atoms with E-state index in [4.69, 9.17) is 6.42 Å². The Morgan fingerprint density at radius 1 is 1.31 bits per heavy atom. The predicted octanol–water partition coefficient (Wildman–Crippen LogP) is 1.70. The number of Topliss-reactive ketones (excluding diaryl/α,β-unsaturated/α-hetero) is 1. The molecule has 0 aliphatic heterocycles. The maximum atomic E-state index is 11.2. The van der Waals surface area contributed by atoms with Crippen LogP contribution in [0.2, 0.25) is 0 Å². The van der Waals surface area contributed by atoms with E-state index in [1.807, 2.05) is 0 Å². The Bertz CT molecular complexity index is 177. The molecule has 0 aliphatic carbocycles. The van der Waals surface area contributed by atoms with Gasteiger partial charge in [0.15, 0.2) is 0 Å². The van der Waals surface area contributed by atoms with Gasteiger partial charge < -0.3 is 4.90 Å². The van der Waals surface area contributed by atoms with Gasteiger partial charge in [-0.25, -0.2) is 0 Å². The van der Waals surface area contributed by atoms with Gasteiger partial charge in [0.05, 0.1) is 0 Å². The van der Waals surface area contributed by atoms with Crippen molar-refractivity contribution in [3.05, 3.63) is 0 Å². The molecule has 0 saturated carbocycles. The number of nitrogens with zero attached hydrogens (tertiary/aromatic N) is 1. The number of carbonyl (C=O) groups excluding carboxylic acids is 1. The lowest BCUT2D eigenvalue weighted by molar-refractivity contribution is -0.119. The van der Waals surface area contributed by atoms with Crippen LogP contribution in [0.25, 0.3) is 0 Å². The normalized spacial score (nSPS) is 10.0. The van der Waals surface area contributed by atoms with Crippen LogP contribution in [0.3, 0.4) is 0 Å². The van der Waals surface area contributed by atoms with Crippen molar-refractivity contribution < 1.29 is 4.79 Å². The standard InChI is InChI=1S/C11H19NO/c1-4-7-8-11(13)9-10-12(5-2)6-3/h1H,5-10H2,2-3H3. The lowest BCUT2D eigenvalue weighted by Crippen LogP contribution is -2.25. The molecular weight excluding hydrogens is 162 g/mol. The molecule has 0 aliphatic rings. The number of rotatable bonds is 7. The molecule has 0 spiro atoms. The smallest absolute Gasteiger partial charge is 0.135 e. The van der Waals surface area contributed by atoms with Crippen LogP contribution >= 0.6 is 0 Å². The summed E-state index contributed by atoms with van der Waals surface area (Å²) in [5.41, 5.74) is 0. The first kappa shape index (κ1) is 12.2. The van der Waals surface area contributed by atoms with Crippen LogP contribution in [-0.2, 0) is 4.79 Å². The molecule has 0 rings (SSSR count). The van der Waals surface area contributed by atoms with Gasteiger partial charge >= 0.3 is 0 Å². The average Bonchev–Trinajstić information content (AvgIpc) is 2.16. The number of terminal acetylenes is 1. The Hall–Kier alpha value is -0.810. The van der Waals surface area contributed by atoms with Gasteiger partial charge in [0.1, 0.15) is 5.78 Å². The van der Waals surface area contributed by atoms with E-state index in [1.165, 1.54) is 0 Å². The Morgan fingerprint density at radius 3 is 2.38 bits per heavy atom. The molecule has 0 radical (unpaired) electrons. The average molecular weight is 181 g/mol. The third-order valence-electron chi connectivity index (χ3n) is 2.15. The largest absolute Gasteiger partial charge is 0.303 e. The zero-order valence-electron chi connectivity index (χ0n) is 8.68. The van der Waals surface area contributed by atoms with E-state index < -0.39 is 0 Å². The minimum absolute atomic E-state index is 0.282. The second-order valence-corrected chi connectivity index (χ2v) is 3.02. The highest BCUT2D eigenvalue weighted by molar-refractivity contribution is 5.78. The number of hydrogen-bond donors (Lipinski definition) is 0. The molecule has 13 heavy (non-hydrogen) atoms. The summed E-state index contributed by atoms with van der Waals surface area (Å²) in [5.74, 6) is 2.76. The lowest BCUT2D eigenvalue weighted by Gasteiger charge is -2.16. The Balaban J connectivity index is 3.51. The molecule has 0 heterocycles. The molecule has 0 saturated heterocycles. The summed E-state index contributed by atoms with van der Waals surface area (Å²) >= 11 is 0. The zero-order chi connectivity index (χ0) is 10.1. The van der Waals surface area contributed by atoms with Crippen molar-refractivity contribution in [3.63, 3.8) is 0 Å². The first-order valence-electron chi connectivity index (χ1n) is 4.92. The highest BCUT2D eigenvalue weighted by Gasteiger charge is 2.03. The van der Waals surface area contributed by atoms with E-state index in [9.17, 15) is 4.79 Å². The second-order valence-electron chi connectivity index (χ2n) is 3.02. The summed E-state index contributed by atoms with van der Waals surface area (Å²) in [6, 6.07) is 0. The first-order valence-corrected chi connectivity index (χ1v) is 4.92. The molecule has 0 fully saturated rings. The van der Waals surface area contributed by atoms with Crippen LogP contribution in [-0.4, -0.2) is 30.3 Å². The maximum Gasteiger partial charge on any atom is 0.135 e. The number of hydrogen-bond acceptors (Lipinski definition) is 2. The van der Waals surface area contributed by atoms with Gasteiger partial charge in [-0.1, -0.05) is 13.8 Å².